The highest BCUT2D eigenvalue weighted by molar-refractivity contribution is 5.83. The van der Waals surface area contributed by atoms with Gasteiger partial charge in [0.25, 0.3) is 0 Å². The van der Waals surface area contributed by atoms with Crippen molar-refractivity contribution in [3.8, 4) is 5.75 Å². The van der Waals surface area contributed by atoms with Gasteiger partial charge < -0.3 is 19.0 Å². The lowest BCUT2D eigenvalue weighted by atomic mass is 10.1. The first-order valence-corrected chi connectivity index (χ1v) is 8.47. The maximum atomic E-state index is 5.94. The average molecular weight is 326 g/mol. The highest BCUT2D eigenvalue weighted by Crippen LogP contribution is 2.28. The standard InChI is InChI=1S/C18H22N4O2/c1-12(18-21-20-16-8-3-4-9-22(16)18)19-11-14-10-13-6-5-7-15(23-2)17(13)24-14/h5-7,10,12,19H,3-4,8-9,11H2,1-2H3. The number of ether oxygens (including phenoxy) is 1. The molecule has 1 atom stereocenters. The number of benzene rings is 1. The summed E-state index contributed by atoms with van der Waals surface area (Å²) in [6, 6.07) is 8.09. The monoisotopic (exact) mass is 326 g/mol. The van der Waals surface area contributed by atoms with Crippen LogP contribution in [-0.2, 0) is 19.5 Å². The number of methoxy groups -OCH3 is 1. The van der Waals surface area contributed by atoms with Gasteiger partial charge in [-0.25, -0.2) is 0 Å². The quantitative estimate of drug-likeness (QED) is 0.780. The Morgan fingerprint density at radius 3 is 3.12 bits per heavy atom. The summed E-state index contributed by atoms with van der Waals surface area (Å²) in [7, 11) is 1.66. The van der Waals surface area contributed by atoms with E-state index in [9.17, 15) is 0 Å². The van der Waals surface area contributed by atoms with Gasteiger partial charge in [-0.1, -0.05) is 12.1 Å². The van der Waals surface area contributed by atoms with E-state index in [1.165, 1.54) is 12.8 Å². The summed E-state index contributed by atoms with van der Waals surface area (Å²) < 4.78 is 13.5. The molecule has 0 saturated carbocycles. The lowest BCUT2D eigenvalue weighted by molar-refractivity contribution is 0.403. The van der Waals surface area contributed by atoms with Gasteiger partial charge in [0.2, 0.25) is 0 Å². The molecule has 0 saturated heterocycles. The highest BCUT2D eigenvalue weighted by Gasteiger charge is 2.20. The summed E-state index contributed by atoms with van der Waals surface area (Å²) in [5.41, 5.74) is 0.796. The minimum absolute atomic E-state index is 0.124. The fraction of sp³-hybridized carbons (Fsp3) is 0.444. The molecule has 1 N–H and O–H groups in total. The van der Waals surface area contributed by atoms with Gasteiger partial charge in [0.15, 0.2) is 11.3 Å². The molecule has 6 nitrogen and oxygen atoms in total. The van der Waals surface area contributed by atoms with Gasteiger partial charge >= 0.3 is 0 Å². The van der Waals surface area contributed by atoms with E-state index in [2.05, 4.69) is 33.1 Å². The summed E-state index contributed by atoms with van der Waals surface area (Å²) in [6.45, 7) is 3.78. The molecule has 0 aliphatic carbocycles. The van der Waals surface area contributed by atoms with Crippen LogP contribution in [0.1, 0.15) is 43.2 Å². The van der Waals surface area contributed by atoms with Crippen molar-refractivity contribution in [2.45, 2.75) is 45.3 Å². The van der Waals surface area contributed by atoms with Crippen LogP contribution in [0.25, 0.3) is 11.0 Å². The van der Waals surface area contributed by atoms with Crippen molar-refractivity contribution in [3.05, 3.63) is 41.7 Å². The Morgan fingerprint density at radius 1 is 1.33 bits per heavy atom. The van der Waals surface area contributed by atoms with Gasteiger partial charge in [0, 0.05) is 18.4 Å². The Balaban J connectivity index is 1.49. The summed E-state index contributed by atoms with van der Waals surface area (Å²) in [5.74, 6) is 3.77. The SMILES string of the molecule is COc1cccc2cc(CNC(C)c3nnc4n3CCCC4)oc12. The van der Waals surface area contributed by atoms with Crippen LogP contribution in [0, 0.1) is 0 Å². The molecule has 1 unspecified atom stereocenters. The number of nitrogens with one attached hydrogen (secondary N) is 1. The number of hydrogen-bond acceptors (Lipinski definition) is 5. The van der Waals surface area contributed by atoms with Crippen LogP contribution in [0.2, 0.25) is 0 Å². The first kappa shape index (κ1) is 15.2. The van der Waals surface area contributed by atoms with Gasteiger partial charge in [-0.05, 0) is 31.9 Å². The average Bonchev–Trinajstić information content (AvgIpc) is 3.23. The van der Waals surface area contributed by atoms with Gasteiger partial charge in [-0.15, -0.1) is 10.2 Å². The molecule has 1 aromatic carbocycles. The van der Waals surface area contributed by atoms with Gasteiger partial charge in [0.05, 0.1) is 19.7 Å². The smallest absolute Gasteiger partial charge is 0.176 e. The summed E-state index contributed by atoms with van der Waals surface area (Å²) in [6.07, 6.45) is 3.44. The third kappa shape index (κ3) is 2.67. The predicted molar refractivity (Wildman–Crippen MR) is 91.0 cm³/mol. The largest absolute Gasteiger partial charge is 0.493 e. The van der Waals surface area contributed by atoms with Crippen LogP contribution in [0.3, 0.4) is 0 Å². The Labute approximate surface area is 140 Å². The van der Waals surface area contributed by atoms with E-state index in [0.717, 1.165) is 47.1 Å². The van der Waals surface area contributed by atoms with Crippen LogP contribution < -0.4 is 10.1 Å². The van der Waals surface area contributed by atoms with Crippen molar-refractivity contribution >= 4 is 11.0 Å². The van der Waals surface area contributed by atoms with Crippen LogP contribution in [0.15, 0.2) is 28.7 Å². The van der Waals surface area contributed by atoms with Gasteiger partial charge in [0.1, 0.15) is 17.4 Å². The molecule has 0 radical (unpaired) electrons. The van der Waals surface area contributed by atoms with E-state index in [4.69, 9.17) is 9.15 Å². The van der Waals surface area contributed by atoms with E-state index >= 15 is 0 Å². The van der Waals surface area contributed by atoms with E-state index in [0.29, 0.717) is 6.54 Å². The zero-order valence-corrected chi connectivity index (χ0v) is 14.1. The summed E-state index contributed by atoms with van der Waals surface area (Å²) in [5, 5.41) is 13.2. The Bertz CT molecular complexity index is 852. The Kier molecular flexibility index (Phi) is 3.98. The fourth-order valence-electron chi connectivity index (χ4n) is 3.33. The van der Waals surface area contributed by atoms with Crippen molar-refractivity contribution in [2.75, 3.05) is 7.11 Å². The number of aryl methyl sites for hydroxylation is 1. The van der Waals surface area contributed by atoms with Crippen molar-refractivity contribution < 1.29 is 9.15 Å². The number of para-hydroxylation sites is 1. The molecule has 0 spiro atoms. The van der Waals surface area contributed by atoms with E-state index < -0.39 is 0 Å². The zero-order chi connectivity index (χ0) is 16.5. The lowest BCUT2D eigenvalue weighted by Crippen LogP contribution is -2.23. The van der Waals surface area contributed by atoms with E-state index in [1.807, 2.05) is 18.2 Å². The minimum atomic E-state index is 0.124. The molecule has 1 aliphatic rings. The number of fused-ring (bicyclic) bond motifs is 2. The first-order chi connectivity index (χ1) is 11.8. The Morgan fingerprint density at radius 2 is 2.25 bits per heavy atom. The molecule has 24 heavy (non-hydrogen) atoms. The maximum absolute atomic E-state index is 5.94. The maximum Gasteiger partial charge on any atom is 0.176 e. The summed E-state index contributed by atoms with van der Waals surface area (Å²) >= 11 is 0. The molecular formula is C18H22N4O2. The topological polar surface area (TPSA) is 65.1 Å². The summed E-state index contributed by atoms with van der Waals surface area (Å²) in [4.78, 5) is 0. The fourth-order valence-corrected chi connectivity index (χ4v) is 3.33. The molecule has 126 valence electrons. The molecule has 3 aromatic rings. The van der Waals surface area contributed by atoms with Crippen LogP contribution in [0.5, 0.6) is 5.75 Å². The second-order valence-electron chi connectivity index (χ2n) is 6.28. The molecule has 0 fully saturated rings. The molecular weight excluding hydrogens is 304 g/mol. The third-order valence-electron chi connectivity index (χ3n) is 4.64. The van der Waals surface area contributed by atoms with Crippen LogP contribution in [-0.4, -0.2) is 21.9 Å². The minimum Gasteiger partial charge on any atom is -0.493 e. The second-order valence-corrected chi connectivity index (χ2v) is 6.28. The number of rotatable bonds is 5. The normalized spacial score (nSPS) is 15.4. The van der Waals surface area contributed by atoms with E-state index in [-0.39, 0.29) is 6.04 Å². The van der Waals surface area contributed by atoms with E-state index in [1.54, 1.807) is 7.11 Å². The van der Waals surface area contributed by atoms with Gasteiger partial charge in [-0.2, -0.15) is 0 Å². The third-order valence-corrected chi connectivity index (χ3v) is 4.64. The van der Waals surface area contributed by atoms with Crippen LogP contribution in [0.4, 0.5) is 0 Å². The van der Waals surface area contributed by atoms with Crippen molar-refractivity contribution in [2.24, 2.45) is 0 Å². The van der Waals surface area contributed by atoms with Crippen molar-refractivity contribution in [1.82, 2.24) is 20.1 Å². The second kappa shape index (κ2) is 6.28. The van der Waals surface area contributed by atoms with Crippen molar-refractivity contribution in [1.29, 1.82) is 0 Å². The molecule has 1 aliphatic heterocycles. The number of hydrogen-bond donors (Lipinski definition) is 1. The molecule has 0 amide bonds. The predicted octanol–water partition coefficient (Wildman–Crippen LogP) is 3.22. The molecule has 0 bridgehead atoms. The number of aromatic nitrogens is 3. The molecule has 2 aromatic heterocycles. The number of furan rings is 1. The zero-order valence-electron chi connectivity index (χ0n) is 14.1. The van der Waals surface area contributed by atoms with Crippen molar-refractivity contribution in [3.63, 3.8) is 0 Å². The lowest BCUT2D eigenvalue weighted by Gasteiger charge is -2.18. The number of nitrogens with zero attached hydrogens (tertiary/aromatic N) is 3. The molecule has 4 rings (SSSR count). The molecule has 3 heterocycles. The highest BCUT2D eigenvalue weighted by atomic mass is 16.5. The molecule has 6 heteroatoms. The first-order valence-electron chi connectivity index (χ1n) is 8.47. The van der Waals surface area contributed by atoms with Gasteiger partial charge in [-0.3, -0.25) is 0 Å². The van der Waals surface area contributed by atoms with Crippen LogP contribution >= 0.6 is 0 Å². The Hall–Kier alpha value is -2.34.